The number of carbonyl (C=O) groups excluding carboxylic acids is 1. The van der Waals surface area contributed by atoms with Gasteiger partial charge in [-0.25, -0.2) is 8.42 Å². The van der Waals surface area contributed by atoms with E-state index in [1.54, 1.807) is 0 Å². The predicted molar refractivity (Wildman–Crippen MR) is 78.2 cm³/mol. The van der Waals surface area contributed by atoms with Crippen LogP contribution >= 0.6 is 0 Å². The highest BCUT2D eigenvalue weighted by molar-refractivity contribution is 7.90. The fourth-order valence-corrected chi connectivity index (χ4v) is 2.93. The van der Waals surface area contributed by atoms with Crippen LogP contribution in [0.15, 0.2) is 23.1 Å². The molecule has 0 saturated heterocycles. The molecule has 0 aromatic heterocycles. The summed E-state index contributed by atoms with van der Waals surface area (Å²) in [4.78, 5) is 12.3. The van der Waals surface area contributed by atoms with E-state index in [4.69, 9.17) is 5.73 Å². The molecule has 20 heavy (non-hydrogen) atoms. The number of nitrogens with one attached hydrogen (secondary N) is 1. The van der Waals surface area contributed by atoms with Gasteiger partial charge in [-0.15, -0.1) is 0 Å². The second kappa shape index (κ2) is 4.77. The molecule has 0 unspecified atom stereocenters. The Bertz CT molecular complexity index is 646. The number of hydrogen-bond donors (Lipinski definition) is 2. The number of amides is 1. The lowest BCUT2D eigenvalue weighted by Crippen LogP contribution is -2.45. The van der Waals surface area contributed by atoms with Crippen molar-refractivity contribution in [3.8, 4) is 0 Å². The fraction of sp³-hybridized carbons (Fsp3) is 0.500. The van der Waals surface area contributed by atoms with E-state index in [0.717, 1.165) is 19.1 Å². The van der Waals surface area contributed by atoms with Gasteiger partial charge in [-0.05, 0) is 50.8 Å². The van der Waals surface area contributed by atoms with Crippen molar-refractivity contribution in [1.82, 2.24) is 5.32 Å². The van der Waals surface area contributed by atoms with Crippen molar-refractivity contribution in [2.24, 2.45) is 5.92 Å². The Balaban J connectivity index is 2.28. The Morgan fingerprint density at radius 2 is 1.90 bits per heavy atom. The van der Waals surface area contributed by atoms with E-state index in [2.05, 4.69) is 5.32 Å². The van der Waals surface area contributed by atoms with Crippen LogP contribution in [0.25, 0.3) is 0 Å². The lowest BCUT2D eigenvalue weighted by molar-refractivity contribution is 0.0903. The van der Waals surface area contributed by atoms with E-state index in [-0.39, 0.29) is 27.6 Å². The molecule has 2 rings (SSSR count). The van der Waals surface area contributed by atoms with Gasteiger partial charge in [0, 0.05) is 23.0 Å². The monoisotopic (exact) mass is 296 g/mol. The summed E-state index contributed by atoms with van der Waals surface area (Å²) in [6.07, 6.45) is 3.31. The first-order valence-corrected chi connectivity index (χ1v) is 8.42. The molecular formula is C14H20N2O3S. The molecule has 5 nitrogen and oxygen atoms in total. The number of anilines is 1. The smallest absolute Gasteiger partial charge is 0.251 e. The molecule has 0 spiro atoms. The first-order chi connectivity index (χ1) is 9.09. The zero-order valence-corrected chi connectivity index (χ0v) is 12.8. The van der Waals surface area contributed by atoms with Crippen molar-refractivity contribution in [1.29, 1.82) is 0 Å². The maximum atomic E-state index is 12.3. The number of rotatable bonds is 4. The highest BCUT2D eigenvalue weighted by Crippen LogP contribution is 2.39. The zero-order chi connectivity index (χ0) is 15.1. The number of nitrogen functional groups attached to an aromatic ring is 1. The molecule has 0 bridgehead atoms. The maximum absolute atomic E-state index is 12.3. The van der Waals surface area contributed by atoms with Crippen molar-refractivity contribution < 1.29 is 13.2 Å². The SMILES string of the molecule is CC(C)(NC(=O)c1cc(N)cc(S(C)(=O)=O)c1)C1CC1. The minimum Gasteiger partial charge on any atom is -0.399 e. The summed E-state index contributed by atoms with van der Waals surface area (Å²) in [7, 11) is -3.39. The summed E-state index contributed by atoms with van der Waals surface area (Å²) in [6.45, 7) is 3.96. The summed E-state index contributed by atoms with van der Waals surface area (Å²) in [5.41, 5.74) is 5.94. The lowest BCUT2D eigenvalue weighted by Gasteiger charge is -2.26. The third-order valence-corrected chi connectivity index (χ3v) is 4.74. The van der Waals surface area contributed by atoms with Gasteiger partial charge >= 0.3 is 0 Å². The maximum Gasteiger partial charge on any atom is 0.251 e. The highest BCUT2D eigenvalue weighted by Gasteiger charge is 2.38. The van der Waals surface area contributed by atoms with Crippen LogP contribution in [0.4, 0.5) is 5.69 Å². The third kappa shape index (κ3) is 3.30. The van der Waals surface area contributed by atoms with Gasteiger partial charge in [0.2, 0.25) is 0 Å². The summed E-state index contributed by atoms with van der Waals surface area (Å²) in [5, 5.41) is 2.95. The van der Waals surface area contributed by atoms with Gasteiger partial charge in [0.1, 0.15) is 0 Å². The van der Waals surface area contributed by atoms with Crippen LogP contribution in [0.3, 0.4) is 0 Å². The first kappa shape index (κ1) is 14.8. The van der Waals surface area contributed by atoms with Crippen LogP contribution < -0.4 is 11.1 Å². The van der Waals surface area contributed by atoms with Crippen LogP contribution in [0.5, 0.6) is 0 Å². The van der Waals surface area contributed by atoms with E-state index in [1.165, 1.54) is 18.2 Å². The Labute approximate surface area is 119 Å². The molecule has 110 valence electrons. The van der Waals surface area contributed by atoms with Gasteiger partial charge in [-0.3, -0.25) is 4.79 Å². The number of benzene rings is 1. The normalized spacial score (nSPS) is 15.9. The van der Waals surface area contributed by atoms with Gasteiger partial charge < -0.3 is 11.1 Å². The highest BCUT2D eigenvalue weighted by atomic mass is 32.2. The Kier molecular flexibility index (Phi) is 3.54. The summed E-state index contributed by atoms with van der Waals surface area (Å²) < 4.78 is 23.2. The average Bonchev–Trinajstić information content (AvgIpc) is 3.10. The van der Waals surface area contributed by atoms with Crippen LogP contribution in [-0.2, 0) is 9.84 Å². The van der Waals surface area contributed by atoms with Gasteiger partial charge in [0.05, 0.1) is 4.90 Å². The molecule has 6 heteroatoms. The predicted octanol–water partition coefficient (Wildman–Crippen LogP) is 1.59. The Morgan fingerprint density at radius 1 is 1.30 bits per heavy atom. The van der Waals surface area contributed by atoms with Crippen molar-refractivity contribution >= 4 is 21.4 Å². The van der Waals surface area contributed by atoms with Gasteiger partial charge in [0.15, 0.2) is 9.84 Å². The fourth-order valence-electron chi connectivity index (χ4n) is 2.24. The van der Waals surface area contributed by atoms with E-state index < -0.39 is 9.84 Å². The standard InChI is InChI=1S/C14H20N2O3S/c1-14(2,10-4-5-10)16-13(17)9-6-11(15)8-12(7-9)20(3,18)19/h6-8,10H,4-5,15H2,1-3H3,(H,16,17). The van der Waals surface area contributed by atoms with Crippen LogP contribution in [0, 0.1) is 5.92 Å². The minimum absolute atomic E-state index is 0.0619. The largest absolute Gasteiger partial charge is 0.399 e. The van der Waals surface area contributed by atoms with Crippen LogP contribution in [-0.4, -0.2) is 26.1 Å². The molecular weight excluding hydrogens is 276 g/mol. The number of carbonyl (C=O) groups is 1. The van der Waals surface area contributed by atoms with Gasteiger partial charge in [-0.2, -0.15) is 0 Å². The topological polar surface area (TPSA) is 89.3 Å². The molecule has 0 heterocycles. The zero-order valence-electron chi connectivity index (χ0n) is 11.9. The molecule has 1 aliphatic carbocycles. The van der Waals surface area contributed by atoms with Crippen molar-refractivity contribution in [2.45, 2.75) is 37.1 Å². The quantitative estimate of drug-likeness (QED) is 0.826. The van der Waals surface area contributed by atoms with Crippen LogP contribution in [0.1, 0.15) is 37.0 Å². The molecule has 0 atom stereocenters. The van der Waals surface area contributed by atoms with Crippen molar-refractivity contribution in [3.05, 3.63) is 23.8 Å². The number of hydrogen-bond acceptors (Lipinski definition) is 4. The van der Waals surface area contributed by atoms with E-state index >= 15 is 0 Å². The molecule has 1 aliphatic rings. The van der Waals surface area contributed by atoms with Gasteiger partial charge in [0.25, 0.3) is 5.91 Å². The molecule has 1 amide bonds. The van der Waals surface area contributed by atoms with E-state index in [1.807, 2.05) is 13.8 Å². The minimum atomic E-state index is -3.39. The van der Waals surface area contributed by atoms with Crippen LogP contribution in [0.2, 0.25) is 0 Å². The van der Waals surface area contributed by atoms with Crippen molar-refractivity contribution in [3.63, 3.8) is 0 Å². The number of nitrogens with two attached hydrogens (primary N) is 1. The average molecular weight is 296 g/mol. The van der Waals surface area contributed by atoms with E-state index in [0.29, 0.717) is 5.92 Å². The summed E-state index contributed by atoms with van der Waals surface area (Å²) in [5.74, 6) is 0.195. The summed E-state index contributed by atoms with van der Waals surface area (Å²) >= 11 is 0. The molecule has 1 fully saturated rings. The second-order valence-electron chi connectivity index (χ2n) is 6.01. The molecule has 3 N–H and O–H groups in total. The molecule has 1 saturated carbocycles. The summed E-state index contributed by atoms with van der Waals surface area (Å²) in [6, 6.07) is 4.22. The molecule has 1 aromatic rings. The van der Waals surface area contributed by atoms with Gasteiger partial charge in [-0.1, -0.05) is 0 Å². The Morgan fingerprint density at radius 3 is 2.40 bits per heavy atom. The van der Waals surface area contributed by atoms with E-state index in [9.17, 15) is 13.2 Å². The third-order valence-electron chi connectivity index (χ3n) is 3.65. The lowest BCUT2D eigenvalue weighted by atomic mass is 9.98. The van der Waals surface area contributed by atoms with Crippen molar-refractivity contribution in [2.75, 3.05) is 12.0 Å². The number of sulfone groups is 1. The molecule has 0 aliphatic heterocycles. The molecule has 1 aromatic carbocycles. The second-order valence-corrected chi connectivity index (χ2v) is 8.03. The first-order valence-electron chi connectivity index (χ1n) is 6.53. The molecule has 0 radical (unpaired) electrons. The Hall–Kier alpha value is -1.56.